The number of hydrogen-bond donors (Lipinski definition) is 0. The first-order chi connectivity index (χ1) is 12.7. The Labute approximate surface area is 159 Å². The molecule has 0 bridgehead atoms. The molecule has 6 heteroatoms. The second kappa shape index (κ2) is 8.05. The molecule has 0 aliphatic carbocycles. The lowest BCUT2D eigenvalue weighted by molar-refractivity contribution is -0.0704. The van der Waals surface area contributed by atoms with Gasteiger partial charge in [0.2, 0.25) is 0 Å². The number of morpholine rings is 1. The van der Waals surface area contributed by atoms with Gasteiger partial charge in [0.25, 0.3) is 0 Å². The van der Waals surface area contributed by atoms with Crippen molar-refractivity contribution < 1.29 is 9.47 Å². The highest BCUT2D eigenvalue weighted by Crippen LogP contribution is 2.26. The van der Waals surface area contributed by atoms with Crippen LogP contribution in [0.1, 0.15) is 30.0 Å². The van der Waals surface area contributed by atoms with Gasteiger partial charge in [0.1, 0.15) is 17.4 Å². The highest BCUT2D eigenvalue weighted by atomic mass is 32.1. The number of hydrogen-bond acceptors (Lipinski definition) is 6. The predicted molar refractivity (Wildman–Crippen MR) is 103 cm³/mol. The zero-order chi connectivity index (χ0) is 17.9. The van der Waals surface area contributed by atoms with E-state index in [1.165, 1.54) is 16.1 Å². The average molecular weight is 374 g/mol. The van der Waals surface area contributed by atoms with Crippen LogP contribution < -0.4 is 4.74 Å². The van der Waals surface area contributed by atoms with Crippen LogP contribution in [0.4, 0.5) is 0 Å². The fourth-order valence-corrected chi connectivity index (χ4v) is 4.59. The molecule has 4 rings (SSSR count). The molecule has 0 spiro atoms. The van der Waals surface area contributed by atoms with Crippen molar-refractivity contribution in [3.8, 4) is 5.75 Å². The molecule has 2 aromatic rings. The van der Waals surface area contributed by atoms with Gasteiger partial charge in [-0.25, -0.2) is 4.98 Å². The number of nitrogens with zero attached hydrogens (tertiary/aromatic N) is 3. The van der Waals surface area contributed by atoms with Gasteiger partial charge in [-0.05, 0) is 31.5 Å². The fraction of sp³-hybridized carbons (Fsp3) is 0.550. The Kier molecular flexibility index (Phi) is 5.55. The van der Waals surface area contributed by atoms with E-state index in [-0.39, 0.29) is 0 Å². The van der Waals surface area contributed by atoms with E-state index in [1.54, 1.807) is 11.3 Å². The average Bonchev–Trinajstić information content (AvgIpc) is 3.00. The second-order valence-electron chi connectivity index (χ2n) is 7.38. The molecule has 0 radical (unpaired) electrons. The summed E-state index contributed by atoms with van der Waals surface area (Å²) in [5.41, 5.74) is 2.63. The smallest absolute Gasteiger partial charge is 0.123 e. The Hall–Kier alpha value is -1.47. The van der Waals surface area contributed by atoms with E-state index < -0.39 is 0 Å². The summed E-state index contributed by atoms with van der Waals surface area (Å²) in [6.45, 7) is 10.7. The molecule has 1 aromatic heterocycles. The topological polar surface area (TPSA) is 37.8 Å². The first-order valence-electron chi connectivity index (χ1n) is 9.39. The van der Waals surface area contributed by atoms with Crippen molar-refractivity contribution in [2.45, 2.75) is 45.7 Å². The van der Waals surface area contributed by atoms with Gasteiger partial charge in [0.15, 0.2) is 0 Å². The van der Waals surface area contributed by atoms with E-state index in [9.17, 15) is 0 Å². The number of ether oxygens (including phenoxy) is 2. The Morgan fingerprint density at radius 2 is 2.00 bits per heavy atom. The van der Waals surface area contributed by atoms with E-state index in [0.29, 0.717) is 12.2 Å². The van der Waals surface area contributed by atoms with Gasteiger partial charge in [0, 0.05) is 49.9 Å². The van der Waals surface area contributed by atoms with Crippen LogP contribution in [0.3, 0.4) is 0 Å². The molecule has 0 amide bonds. The Morgan fingerprint density at radius 1 is 1.15 bits per heavy atom. The molecule has 0 saturated carbocycles. The van der Waals surface area contributed by atoms with Gasteiger partial charge in [-0.15, -0.1) is 11.3 Å². The lowest BCUT2D eigenvalue weighted by atomic mass is 10.1. The third-order valence-electron chi connectivity index (χ3n) is 4.93. The lowest BCUT2D eigenvalue weighted by Crippen LogP contribution is -2.44. The molecular formula is C20H27N3O2S. The van der Waals surface area contributed by atoms with Crippen molar-refractivity contribution in [2.75, 3.05) is 26.2 Å². The molecule has 1 fully saturated rings. The number of thiazole rings is 1. The SMILES string of the molecule is C[C@@H]1CN(Cc2ccc3c(c2)CN(Cc2nccs2)CCO3)C[C@H](C)O1. The highest BCUT2D eigenvalue weighted by molar-refractivity contribution is 7.09. The molecule has 26 heavy (non-hydrogen) atoms. The van der Waals surface area contributed by atoms with Crippen LogP contribution in [-0.4, -0.2) is 53.2 Å². The summed E-state index contributed by atoms with van der Waals surface area (Å²) in [6.07, 6.45) is 2.48. The first-order valence-corrected chi connectivity index (χ1v) is 10.3. The Morgan fingerprint density at radius 3 is 2.77 bits per heavy atom. The van der Waals surface area contributed by atoms with Crippen LogP contribution in [-0.2, 0) is 24.4 Å². The summed E-state index contributed by atoms with van der Waals surface area (Å²) in [4.78, 5) is 9.34. The summed E-state index contributed by atoms with van der Waals surface area (Å²) < 4.78 is 11.8. The van der Waals surface area contributed by atoms with Crippen molar-refractivity contribution in [1.82, 2.24) is 14.8 Å². The highest BCUT2D eigenvalue weighted by Gasteiger charge is 2.23. The predicted octanol–water partition coefficient (Wildman–Crippen LogP) is 3.15. The minimum atomic E-state index is 0.302. The standard InChI is InChI=1S/C20H27N3O2S/c1-15-10-23(11-16(2)25-15)12-17-3-4-19-18(9-17)13-22(6-7-24-19)14-20-21-5-8-26-20/h3-5,8-9,15-16H,6-7,10-14H2,1-2H3/t15-,16+. The molecule has 2 aliphatic heterocycles. The normalized spacial score (nSPS) is 24.7. The molecule has 5 nitrogen and oxygen atoms in total. The molecule has 1 aromatic carbocycles. The maximum absolute atomic E-state index is 5.98. The number of rotatable bonds is 4. The van der Waals surface area contributed by atoms with Crippen molar-refractivity contribution in [3.05, 3.63) is 45.9 Å². The van der Waals surface area contributed by atoms with Gasteiger partial charge in [-0.2, -0.15) is 0 Å². The van der Waals surface area contributed by atoms with Crippen LogP contribution in [0.2, 0.25) is 0 Å². The van der Waals surface area contributed by atoms with E-state index >= 15 is 0 Å². The van der Waals surface area contributed by atoms with Crippen LogP contribution in [0.25, 0.3) is 0 Å². The maximum atomic E-state index is 5.98. The van der Waals surface area contributed by atoms with Crippen LogP contribution in [0.15, 0.2) is 29.8 Å². The minimum absolute atomic E-state index is 0.302. The zero-order valence-electron chi connectivity index (χ0n) is 15.6. The van der Waals surface area contributed by atoms with Crippen molar-refractivity contribution in [3.63, 3.8) is 0 Å². The summed E-state index contributed by atoms with van der Waals surface area (Å²) >= 11 is 1.72. The van der Waals surface area contributed by atoms with E-state index in [1.807, 2.05) is 11.6 Å². The Bertz CT molecular complexity index is 712. The van der Waals surface area contributed by atoms with Crippen LogP contribution in [0, 0.1) is 0 Å². The van der Waals surface area contributed by atoms with Crippen molar-refractivity contribution in [2.24, 2.45) is 0 Å². The molecule has 0 unspecified atom stereocenters. The second-order valence-corrected chi connectivity index (χ2v) is 8.36. The third kappa shape index (κ3) is 4.43. The van der Waals surface area contributed by atoms with Crippen LogP contribution in [0.5, 0.6) is 5.75 Å². The molecule has 2 aliphatic rings. The number of benzene rings is 1. The molecule has 1 saturated heterocycles. The monoisotopic (exact) mass is 373 g/mol. The van der Waals surface area contributed by atoms with Gasteiger partial charge >= 0.3 is 0 Å². The minimum Gasteiger partial charge on any atom is -0.492 e. The van der Waals surface area contributed by atoms with E-state index in [4.69, 9.17) is 9.47 Å². The maximum Gasteiger partial charge on any atom is 0.123 e. The summed E-state index contributed by atoms with van der Waals surface area (Å²) in [5.74, 6) is 1.03. The van der Waals surface area contributed by atoms with Crippen molar-refractivity contribution >= 4 is 11.3 Å². The molecular weight excluding hydrogens is 346 g/mol. The zero-order valence-corrected chi connectivity index (χ0v) is 16.4. The van der Waals surface area contributed by atoms with Gasteiger partial charge in [-0.3, -0.25) is 9.80 Å². The van der Waals surface area contributed by atoms with Crippen LogP contribution >= 0.6 is 11.3 Å². The fourth-order valence-electron chi connectivity index (χ4n) is 3.93. The molecule has 140 valence electrons. The Balaban J connectivity index is 1.45. The largest absolute Gasteiger partial charge is 0.492 e. The quantitative estimate of drug-likeness (QED) is 0.823. The van der Waals surface area contributed by atoms with Gasteiger partial charge in [-0.1, -0.05) is 6.07 Å². The van der Waals surface area contributed by atoms with E-state index in [2.05, 4.69) is 46.8 Å². The van der Waals surface area contributed by atoms with Gasteiger partial charge < -0.3 is 9.47 Å². The summed E-state index contributed by atoms with van der Waals surface area (Å²) in [5, 5.41) is 3.21. The van der Waals surface area contributed by atoms with Gasteiger partial charge in [0.05, 0.1) is 18.8 Å². The number of fused-ring (bicyclic) bond motifs is 1. The summed E-state index contributed by atoms with van der Waals surface area (Å²) in [7, 11) is 0. The molecule has 0 N–H and O–H groups in total. The van der Waals surface area contributed by atoms with E-state index in [0.717, 1.165) is 51.6 Å². The lowest BCUT2D eigenvalue weighted by Gasteiger charge is -2.35. The number of aromatic nitrogens is 1. The third-order valence-corrected chi connectivity index (χ3v) is 5.69. The molecule has 2 atom stereocenters. The molecule has 3 heterocycles. The van der Waals surface area contributed by atoms with Crippen molar-refractivity contribution in [1.29, 1.82) is 0 Å². The first kappa shape index (κ1) is 17.9. The summed E-state index contributed by atoms with van der Waals surface area (Å²) in [6, 6.07) is 6.67.